The van der Waals surface area contributed by atoms with Gasteiger partial charge in [-0.25, -0.2) is 4.79 Å². The van der Waals surface area contributed by atoms with Crippen molar-refractivity contribution in [2.24, 2.45) is 0 Å². The lowest BCUT2D eigenvalue weighted by Crippen LogP contribution is -2.30. The van der Waals surface area contributed by atoms with Gasteiger partial charge in [0.2, 0.25) is 0 Å². The van der Waals surface area contributed by atoms with E-state index in [1.165, 1.54) is 32.2 Å². The number of nitrogens with two attached hydrogens (primary N) is 1. The van der Waals surface area contributed by atoms with Gasteiger partial charge in [0.05, 0.1) is 23.3 Å². The van der Waals surface area contributed by atoms with Crippen LogP contribution >= 0.6 is 0 Å². The van der Waals surface area contributed by atoms with Crippen molar-refractivity contribution in [1.29, 1.82) is 0 Å². The van der Waals surface area contributed by atoms with Crippen LogP contribution in [0.3, 0.4) is 0 Å². The van der Waals surface area contributed by atoms with E-state index in [2.05, 4.69) is 5.32 Å². The first kappa shape index (κ1) is 19.7. The zero-order chi connectivity index (χ0) is 20.1. The van der Waals surface area contributed by atoms with Crippen LogP contribution < -0.4 is 15.8 Å². The second-order valence-corrected chi connectivity index (χ2v) is 5.71. The SMILES string of the molecule is COc1ccc([N+](=O)[O-])cc1NC(=O)[C@@H](C)OC(=O)c1cccc(C)c1N. The molecule has 0 aliphatic heterocycles. The highest BCUT2D eigenvalue weighted by Crippen LogP contribution is 2.29. The maximum Gasteiger partial charge on any atom is 0.341 e. The number of rotatable bonds is 6. The number of non-ortho nitro benzene ring substituents is 1. The molecular formula is C18H19N3O6. The highest BCUT2D eigenvalue weighted by Gasteiger charge is 2.22. The number of methoxy groups -OCH3 is 1. The lowest BCUT2D eigenvalue weighted by Gasteiger charge is -2.16. The number of hydrogen-bond acceptors (Lipinski definition) is 7. The van der Waals surface area contributed by atoms with Crippen LogP contribution in [0.5, 0.6) is 5.75 Å². The molecule has 0 bridgehead atoms. The predicted molar refractivity (Wildman–Crippen MR) is 98.7 cm³/mol. The molecule has 0 unspecified atom stereocenters. The lowest BCUT2D eigenvalue weighted by molar-refractivity contribution is -0.384. The van der Waals surface area contributed by atoms with Crippen LogP contribution in [0, 0.1) is 17.0 Å². The van der Waals surface area contributed by atoms with Gasteiger partial charge in [0.25, 0.3) is 11.6 Å². The second kappa shape index (κ2) is 8.17. The maximum atomic E-state index is 12.3. The Balaban J connectivity index is 2.14. The number of hydrogen-bond donors (Lipinski definition) is 2. The summed E-state index contributed by atoms with van der Waals surface area (Å²) in [5, 5.41) is 13.4. The quantitative estimate of drug-likeness (QED) is 0.344. The number of carbonyl (C=O) groups excluding carboxylic acids is 2. The van der Waals surface area contributed by atoms with Crippen molar-refractivity contribution < 1.29 is 24.0 Å². The van der Waals surface area contributed by atoms with Gasteiger partial charge in [-0.3, -0.25) is 14.9 Å². The normalized spacial score (nSPS) is 11.4. The molecule has 0 aliphatic carbocycles. The standard InChI is InChI=1S/C18H19N3O6/c1-10-5-4-6-13(16(10)19)18(23)27-11(2)17(22)20-14-9-12(21(24)25)7-8-15(14)26-3/h4-9,11H,19H2,1-3H3,(H,20,22)/t11-/m1/s1. The number of aryl methyl sites for hydroxylation is 1. The van der Waals surface area contributed by atoms with Crippen molar-refractivity contribution in [2.75, 3.05) is 18.2 Å². The Morgan fingerprint density at radius 1 is 1.26 bits per heavy atom. The number of para-hydroxylation sites is 1. The Labute approximate surface area is 155 Å². The fourth-order valence-electron chi connectivity index (χ4n) is 2.28. The van der Waals surface area contributed by atoms with Gasteiger partial charge in [0.1, 0.15) is 5.75 Å². The smallest absolute Gasteiger partial charge is 0.341 e. The number of nitro groups is 1. The summed E-state index contributed by atoms with van der Waals surface area (Å²) >= 11 is 0. The summed E-state index contributed by atoms with van der Waals surface area (Å²) in [5.74, 6) is -1.19. The van der Waals surface area contributed by atoms with Crippen molar-refractivity contribution in [3.05, 3.63) is 57.6 Å². The van der Waals surface area contributed by atoms with Gasteiger partial charge in [-0.15, -0.1) is 0 Å². The first-order valence-corrected chi connectivity index (χ1v) is 7.94. The summed E-state index contributed by atoms with van der Waals surface area (Å²) in [6.45, 7) is 3.12. The van der Waals surface area contributed by atoms with Gasteiger partial charge in [-0.1, -0.05) is 12.1 Å². The van der Waals surface area contributed by atoms with Crippen molar-refractivity contribution >= 4 is 28.9 Å². The van der Waals surface area contributed by atoms with Crippen LogP contribution in [0.15, 0.2) is 36.4 Å². The number of ether oxygens (including phenoxy) is 2. The van der Waals surface area contributed by atoms with Crippen LogP contribution in [0.1, 0.15) is 22.8 Å². The van der Waals surface area contributed by atoms with Crippen LogP contribution in [0.2, 0.25) is 0 Å². The Bertz CT molecular complexity index is 897. The predicted octanol–water partition coefficient (Wildman–Crippen LogP) is 2.68. The first-order chi connectivity index (χ1) is 12.7. The molecule has 27 heavy (non-hydrogen) atoms. The number of anilines is 2. The van der Waals surface area contributed by atoms with Crippen molar-refractivity contribution in [3.8, 4) is 5.75 Å². The van der Waals surface area contributed by atoms with E-state index < -0.39 is 22.9 Å². The van der Waals surface area contributed by atoms with E-state index in [4.69, 9.17) is 15.2 Å². The minimum absolute atomic E-state index is 0.0923. The molecule has 9 heteroatoms. The molecule has 142 valence electrons. The number of nitrogens with zero attached hydrogens (tertiary/aromatic N) is 1. The highest BCUT2D eigenvalue weighted by molar-refractivity contribution is 6.00. The van der Waals surface area contributed by atoms with Gasteiger partial charge in [0, 0.05) is 17.8 Å². The fraction of sp³-hybridized carbons (Fsp3) is 0.222. The molecule has 0 aromatic heterocycles. The average Bonchev–Trinajstić information content (AvgIpc) is 2.63. The number of amides is 1. The van der Waals surface area contributed by atoms with E-state index in [0.717, 1.165) is 6.07 Å². The third-order valence-electron chi connectivity index (χ3n) is 3.85. The number of benzene rings is 2. The Morgan fingerprint density at radius 3 is 2.59 bits per heavy atom. The van der Waals surface area contributed by atoms with E-state index in [-0.39, 0.29) is 28.4 Å². The monoisotopic (exact) mass is 373 g/mol. The van der Waals surface area contributed by atoms with Gasteiger partial charge < -0.3 is 20.5 Å². The van der Waals surface area contributed by atoms with Crippen LogP contribution in [0.4, 0.5) is 17.1 Å². The zero-order valence-electron chi connectivity index (χ0n) is 15.0. The number of carbonyl (C=O) groups is 2. The summed E-state index contributed by atoms with van der Waals surface area (Å²) in [6, 6.07) is 8.66. The molecule has 9 nitrogen and oxygen atoms in total. The third-order valence-corrected chi connectivity index (χ3v) is 3.85. The summed E-state index contributed by atoms with van der Waals surface area (Å²) in [4.78, 5) is 34.9. The molecule has 0 spiro atoms. The molecule has 0 saturated carbocycles. The molecule has 1 amide bonds. The molecule has 0 saturated heterocycles. The average molecular weight is 373 g/mol. The fourth-order valence-corrected chi connectivity index (χ4v) is 2.28. The Kier molecular flexibility index (Phi) is 5.96. The van der Waals surface area contributed by atoms with E-state index in [9.17, 15) is 19.7 Å². The molecule has 0 fully saturated rings. The van der Waals surface area contributed by atoms with Crippen LogP contribution in [-0.2, 0) is 9.53 Å². The molecule has 0 radical (unpaired) electrons. The molecule has 0 heterocycles. The zero-order valence-corrected chi connectivity index (χ0v) is 15.0. The molecule has 2 aromatic carbocycles. The van der Waals surface area contributed by atoms with Gasteiger partial charge in [-0.05, 0) is 31.5 Å². The largest absolute Gasteiger partial charge is 0.495 e. The summed E-state index contributed by atoms with van der Waals surface area (Å²) in [5.41, 5.74) is 6.87. The van der Waals surface area contributed by atoms with E-state index in [1.807, 2.05) is 0 Å². The summed E-state index contributed by atoms with van der Waals surface area (Å²) in [6.07, 6.45) is -1.17. The molecule has 2 aromatic rings. The Morgan fingerprint density at radius 2 is 1.96 bits per heavy atom. The van der Waals surface area contributed by atoms with Crippen molar-refractivity contribution in [1.82, 2.24) is 0 Å². The van der Waals surface area contributed by atoms with Gasteiger partial charge in [0.15, 0.2) is 6.10 Å². The molecule has 2 rings (SSSR count). The van der Waals surface area contributed by atoms with Crippen LogP contribution in [-0.4, -0.2) is 30.0 Å². The lowest BCUT2D eigenvalue weighted by atomic mass is 10.1. The Hall–Kier alpha value is -3.62. The first-order valence-electron chi connectivity index (χ1n) is 7.94. The maximum absolute atomic E-state index is 12.3. The third kappa shape index (κ3) is 4.51. The number of esters is 1. The minimum atomic E-state index is -1.17. The summed E-state index contributed by atoms with van der Waals surface area (Å²) in [7, 11) is 1.36. The molecular weight excluding hydrogens is 354 g/mol. The van der Waals surface area contributed by atoms with Gasteiger partial charge in [-0.2, -0.15) is 0 Å². The van der Waals surface area contributed by atoms with E-state index in [0.29, 0.717) is 5.56 Å². The number of nitrogen functional groups attached to an aromatic ring is 1. The minimum Gasteiger partial charge on any atom is -0.495 e. The molecule has 0 aliphatic rings. The number of nitro benzene ring substituents is 1. The number of nitrogens with one attached hydrogen (secondary N) is 1. The van der Waals surface area contributed by atoms with Crippen molar-refractivity contribution in [2.45, 2.75) is 20.0 Å². The van der Waals surface area contributed by atoms with E-state index in [1.54, 1.807) is 19.1 Å². The van der Waals surface area contributed by atoms with Gasteiger partial charge >= 0.3 is 5.97 Å². The molecule has 1 atom stereocenters. The van der Waals surface area contributed by atoms with E-state index >= 15 is 0 Å². The second-order valence-electron chi connectivity index (χ2n) is 5.71. The van der Waals surface area contributed by atoms with Crippen LogP contribution in [0.25, 0.3) is 0 Å². The summed E-state index contributed by atoms with van der Waals surface area (Å²) < 4.78 is 10.2. The van der Waals surface area contributed by atoms with Crippen molar-refractivity contribution in [3.63, 3.8) is 0 Å². The highest BCUT2D eigenvalue weighted by atomic mass is 16.6. The topological polar surface area (TPSA) is 134 Å². The molecule has 3 N–H and O–H groups in total.